The van der Waals surface area contributed by atoms with Gasteiger partial charge in [0.15, 0.2) is 11.5 Å². The zero-order valence-corrected chi connectivity index (χ0v) is 17.9. The van der Waals surface area contributed by atoms with Crippen LogP contribution in [0.5, 0.6) is 11.5 Å². The molecule has 0 fully saturated rings. The van der Waals surface area contributed by atoms with Crippen LogP contribution in [0, 0.1) is 5.82 Å². The molecule has 0 unspecified atom stereocenters. The van der Waals surface area contributed by atoms with Crippen molar-refractivity contribution in [1.82, 2.24) is 0 Å². The maximum Gasteiger partial charge on any atom is 0.335 e. The van der Waals surface area contributed by atoms with Crippen LogP contribution in [0.3, 0.4) is 0 Å². The maximum absolute atomic E-state index is 13.9. The van der Waals surface area contributed by atoms with Gasteiger partial charge in [0.25, 0.3) is 0 Å². The van der Waals surface area contributed by atoms with Crippen molar-refractivity contribution >= 4 is 27.6 Å². The van der Waals surface area contributed by atoms with Gasteiger partial charge in [-0.15, -0.1) is 0 Å². The molecule has 3 rings (SSSR count). The van der Waals surface area contributed by atoms with Crippen LogP contribution in [-0.4, -0.2) is 17.7 Å². The molecule has 2 N–H and O–H groups in total. The van der Waals surface area contributed by atoms with Gasteiger partial charge in [-0.25, -0.2) is 9.18 Å². The number of hydrogen-bond donors (Lipinski definition) is 2. The lowest BCUT2D eigenvalue weighted by atomic mass is 10.1. The molecule has 0 spiro atoms. The van der Waals surface area contributed by atoms with Crippen molar-refractivity contribution < 1.29 is 23.8 Å². The summed E-state index contributed by atoms with van der Waals surface area (Å²) in [6, 6.07) is 16.8. The smallest absolute Gasteiger partial charge is 0.335 e. The highest BCUT2D eigenvalue weighted by molar-refractivity contribution is 9.10. The SMILES string of the molecule is CCOc1cc(CNc2cccc(C(=O)O)c2)cc(Br)c1OCc1ccccc1F. The van der Waals surface area contributed by atoms with Crippen molar-refractivity contribution in [2.24, 2.45) is 0 Å². The van der Waals surface area contributed by atoms with Crippen LogP contribution in [0.25, 0.3) is 0 Å². The Kier molecular flexibility index (Phi) is 7.30. The van der Waals surface area contributed by atoms with E-state index in [0.717, 1.165) is 5.56 Å². The zero-order chi connectivity index (χ0) is 21.5. The fourth-order valence-corrected chi connectivity index (χ4v) is 3.46. The summed E-state index contributed by atoms with van der Waals surface area (Å²) in [5, 5.41) is 12.3. The molecule has 156 valence electrons. The Labute approximate surface area is 182 Å². The first-order valence-electron chi connectivity index (χ1n) is 9.36. The number of halogens is 2. The largest absolute Gasteiger partial charge is 0.490 e. The van der Waals surface area contributed by atoms with Crippen LogP contribution in [0.1, 0.15) is 28.4 Å². The molecular formula is C23H21BrFNO4. The van der Waals surface area contributed by atoms with Crippen LogP contribution < -0.4 is 14.8 Å². The molecule has 0 amide bonds. The number of anilines is 1. The molecule has 0 aliphatic rings. The summed E-state index contributed by atoms with van der Waals surface area (Å²) in [6.07, 6.45) is 0. The molecular weight excluding hydrogens is 453 g/mol. The van der Waals surface area contributed by atoms with Crippen molar-refractivity contribution in [3.63, 3.8) is 0 Å². The second-order valence-electron chi connectivity index (χ2n) is 6.46. The molecule has 5 nitrogen and oxygen atoms in total. The van der Waals surface area contributed by atoms with Crippen LogP contribution >= 0.6 is 15.9 Å². The number of carboxylic acids is 1. The summed E-state index contributed by atoms with van der Waals surface area (Å²) in [7, 11) is 0. The number of nitrogens with one attached hydrogen (secondary N) is 1. The fourth-order valence-electron chi connectivity index (χ4n) is 2.86. The van der Waals surface area contributed by atoms with Gasteiger partial charge in [0, 0.05) is 17.8 Å². The van der Waals surface area contributed by atoms with E-state index in [4.69, 9.17) is 14.6 Å². The molecule has 0 atom stereocenters. The van der Waals surface area contributed by atoms with E-state index < -0.39 is 5.97 Å². The van der Waals surface area contributed by atoms with Gasteiger partial charge in [0.1, 0.15) is 12.4 Å². The number of benzene rings is 3. The van der Waals surface area contributed by atoms with E-state index in [0.29, 0.717) is 40.4 Å². The Balaban J connectivity index is 1.76. The summed E-state index contributed by atoms with van der Waals surface area (Å²) in [4.78, 5) is 11.1. The molecule has 0 aromatic heterocycles. The van der Waals surface area contributed by atoms with E-state index in [1.54, 1.807) is 42.5 Å². The summed E-state index contributed by atoms with van der Waals surface area (Å²) >= 11 is 3.51. The average Bonchev–Trinajstić information content (AvgIpc) is 2.73. The van der Waals surface area contributed by atoms with Crippen LogP contribution in [0.2, 0.25) is 0 Å². The predicted octanol–water partition coefficient (Wildman–Crippen LogP) is 5.88. The van der Waals surface area contributed by atoms with Gasteiger partial charge in [-0.3, -0.25) is 0 Å². The topological polar surface area (TPSA) is 67.8 Å². The Morgan fingerprint density at radius 3 is 2.63 bits per heavy atom. The summed E-state index contributed by atoms with van der Waals surface area (Å²) in [5.41, 5.74) is 2.28. The first kappa shape index (κ1) is 21.6. The minimum absolute atomic E-state index is 0.0743. The standard InChI is InChI=1S/C23H21BrFNO4/c1-2-29-21-11-15(13-26-18-8-5-7-16(12-18)23(27)28)10-19(24)22(21)30-14-17-6-3-4-9-20(17)25/h3-12,26H,2,13-14H2,1H3,(H,27,28). The van der Waals surface area contributed by atoms with Gasteiger partial charge in [-0.2, -0.15) is 0 Å². The van der Waals surface area contributed by atoms with Crippen molar-refractivity contribution in [2.45, 2.75) is 20.1 Å². The second-order valence-corrected chi connectivity index (χ2v) is 7.31. The molecule has 0 radical (unpaired) electrons. The van der Waals surface area contributed by atoms with E-state index in [1.165, 1.54) is 6.07 Å². The number of hydrogen-bond acceptors (Lipinski definition) is 4. The van der Waals surface area contributed by atoms with Gasteiger partial charge in [0.05, 0.1) is 16.6 Å². The monoisotopic (exact) mass is 473 g/mol. The average molecular weight is 474 g/mol. The normalized spacial score (nSPS) is 10.5. The van der Waals surface area contributed by atoms with Gasteiger partial charge in [0.2, 0.25) is 0 Å². The highest BCUT2D eigenvalue weighted by atomic mass is 79.9. The van der Waals surface area contributed by atoms with E-state index in [9.17, 15) is 9.18 Å². The molecule has 0 saturated carbocycles. The Morgan fingerprint density at radius 1 is 1.10 bits per heavy atom. The molecule has 0 saturated heterocycles. The van der Waals surface area contributed by atoms with Gasteiger partial charge < -0.3 is 19.9 Å². The number of carboxylic acid groups (broad SMARTS) is 1. The lowest BCUT2D eigenvalue weighted by molar-refractivity contribution is 0.0697. The van der Waals surface area contributed by atoms with Crippen molar-refractivity contribution in [3.05, 3.63) is 87.6 Å². The molecule has 3 aromatic rings. The Morgan fingerprint density at radius 2 is 1.90 bits per heavy atom. The van der Waals surface area contributed by atoms with Crippen molar-refractivity contribution in [2.75, 3.05) is 11.9 Å². The lowest BCUT2D eigenvalue weighted by Crippen LogP contribution is -2.05. The minimum atomic E-state index is -0.976. The summed E-state index contributed by atoms with van der Waals surface area (Å²) in [5.74, 6) is -0.261. The van der Waals surface area contributed by atoms with E-state index in [-0.39, 0.29) is 18.0 Å². The van der Waals surface area contributed by atoms with Gasteiger partial charge >= 0.3 is 5.97 Å². The molecule has 0 bridgehead atoms. The van der Waals surface area contributed by atoms with E-state index in [2.05, 4.69) is 21.2 Å². The number of ether oxygens (including phenoxy) is 2. The van der Waals surface area contributed by atoms with Gasteiger partial charge in [-0.1, -0.05) is 24.3 Å². The molecule has 0 aliphatic carbocycles. The molecule has 3 aromatic carbocycles. The minimum Gasteiger partial charge on any atom is -0.490 e. The predicted molar refractivity (Wildman–Crippen MR) is 117 cm³/mol. The van der Waals surface area contributed by atoms with Crippen molar-refractivity contribution in [3.8, 4) is 11.5 Å². The third-order valence-corrected chi connectivity index (χ3v) is 4.89. The van der Waals surface area contributed by atoms with Crippen LogP contribution in [0.15, 0.2) is 65.1 Å². The maximum atomic E-state index is 13.9. The first-order valence-corrected chi connectivity index (χ1v) is 10.2. The van der Waals surface area contributed by atoms with Crippen LogP contribution in [-0.2, 0) is 13.2 Å². The molecule has 30 heavy (non-hydrogen) atoms. The quantitative estimate of drug-likeness (QED) is 0.406. The first-order chi connectivity index (χ1) is 14.5. The zero-order valence-electron chi connectivity index (χ0n) is 16.3. The number of carbonyl (C=O) groups is 1. The Bertz CT molecular complexity index is 1040. The number of aromatic carboxylic acids is 1. The van der Waals surface area contributed by atoms with Crippen molar-refractivity contribution in [1.29, 1.82) is 0 Å². The van der Waals surface area contributed by atoms with Crippen LogP contribution in [0.4, 0.5) is 10.1 Å². The highest BCUT2D eigenvalue weighted by Gasteiger charge is 2.14. The summed E-state index contributed by atoms with van der Waals surface area (Å²) in [6.45, 7) is 2.84. The van der Waals surface area contributed by atoms with E-state index in [1.807, 2.05) is 19.1 Å². The van der Waals surface area contributed by atoms with Gasteiger partial charge in [-0.05, 0) is 64.8 Å². The number of rotatable bonds is 9. The molecule has 0 heterocycles. The lowest BCUT2D eigenvalue weighted by Gasteiger charge is -2.16. The summed E-state index contributed by atoms with van der Waals surface area (Å²) < 4.78 is 26.1. The molecule has 0 aliphatic heterocycles. The highest BCUT2D eigenvalue weighted by Crippen LogP contribution is 2.37. The fraction of sp³-hybridized carbons (Fsp3) is 0.174. The second kappa shape index (κ2) is 10.1. The Hall–Kier alpha value is -3.06. The molecule has 7 heteroatoms. The third-order valence-electron chi connectivity index (χ3n) is 4.31. The third kappa shape index (κ3) is 5.51. The van der Waals surface area contributed by atoms with E-state index >= 15 is 0 Å².